The van der Waals surface area contributed by atoms with Crippen molar-refractivity contribution in [3.63, 3.8) is 0 Å². The van der Waals surface area contributed by atoms with E-state index < -0.39 is 0 Å². The lowest BCUT2D eigenvalue weighted by atomic mass is 9.98. The zero-order chi connectivity index (χ0) is 41.0. The van der Waals surface area contributed by atoms with E-state index in [1.54, 1.807) is 0 Å². The van der Waals surface area contributed by atoms with Crippen molar-refractivity contribution < 1.29 is 0 Å². The Balaban J connectivity index is 0.920. The molecule has 0 saturated carbocycles. The summed E-state index contributed by atoms with van der Waals surface area (Å²) in [5, 5.41) is 4.93. The van der Waals surface area contributed by atoms with Gasteiger partial charge in [0.15, 0.2) is 17.5 Å². The average Bonchev–Trinajstić information content (AvgIpc) is 3.87. The molecule has 0 unspecified atom stereocenters. The van der Waals surface area contributed by atoms with Gasteiger partial charge in [0, 0.05) is 49.6 Å². The maximum Gasteiger partial charge on any atom is 0.164 e. The standard InChI is InChI=1S/C57H37N5/c1-4-15-40(16-5-1)55-58-56(41-17-6-2-7-18-41)60-57(59-55)42-29-27-39(28-30-42)46-23-14-26-53-54(46)48-22-11-13-25-51(48)62(53)45-34-31-38(32-35-45)43-33-36-52-49(37-43)47-21-10-12-24-50(47)61(52)44-19-8-3-9-20-44/h1-37H. The molecule has 0 atom stereocenters. The van der Waals surface area contributed by atoms with Crippen molar-refractivity contribution >= 4 is 43.6 Å². The van der Waals surface area contributed by atoms with Crippen LogP contribution in [0.4, 0.5) is 0 Å². The fraction of sp³-hybridized carbons (Fsp3) is 0. The van der Waals surface area contributed by atoms with Crippen LogP contribution in [0, 0.1) is 0 Å². The molecule has 5 heteroatoms. The first-order valence-corrected chi connectivity index (χ1v) is 20.9. The highest BCUT2D eigenvalue weighted by atomic mass is 15.0. The van der Waals surface area contributed by atoms with Crippen molar-refractivity contribution in [1.29, 1.82) is 0 Å². The minimum Gasteiger partial charge on any atom is -0.309 e. The normalized spacial score (nSPS) is 11.5. The fourth-order valence-corrected chi connectivity index (χ4v) is 9.09. The summed E-state index contributed by atoms with van der Waals surface area (Å²) in [4.78, 5) is 14.8. The summed E-state index contributed by atoms with van der Waals surface area (Å²) in [6.07, 6.45) is 0. The first-order chi connectivity index (χ1) is 30.7. The molecule has 9 aromatic carbocycles. The molecule has 0 bridgehead atoms. The molecule has 3 heterocycles. The minimum atomic E-state index is 0.640. The second-order valence-corrected chi connectivity index (χ2v) is 15.6. The van der Waals surface area contributed by atoms with E-state index in [9.17, 15) is 0 Å². The Bertz CT molecular complexity index is 3530. The van der Waals surface area contributed by atoms with Gasteiger partial charge in [0.05, 0.1) is 22.1 Å². The highest BCUT2D eigenvalue weighted by Crippen LogP contribution is 2.40. The summed E-state index contributed by atoms with van der Waals surface area (Å²) in [7, 11) is 0. The monoisotopic (exact) mass is 791 g/mol. The average molecular weight is 792 g/mol. The van der Waals surface area contributed by atoms with E-state index in [1.807, 2.05) is 60.7 Å². The molecule has 0 saturated heterocycles. The Kier molecular flexibility index (Phi) is 8.42. The second kappa shape index (κ2) is 14.7. The zero-order valence-corrected chi connectivity index (χ0v) is 33.6. The summed E-state index contributed by atoms with van der Waals surface area (Å²) in [6.45, 7) is 0. The van der Waals surface area contributed by atoms with Gasteiger partial charge in [-0.15, -0.1) is 0 Å². The summed E-state index contributed by atoms with van der Waals surface area (Å²) in [5.74, 6) is 1.94. The summed E-state index contributed by atoms with van der Waals surface area (Å²) in [5.41, 5.74) is 14.5. The van der Waals surface area contributed by atoms with E-state index >= 15 is 0 Å². The Hall–Kier alpha value is -8.41. The van der Waals surface area contributed by atoms with E-state index in [4.69, 9.17) is 15.0 Å². The van der Waals surface area contributed by atoms with Gasteiger partial charge in [0.25, 0.3) is 0 Å². The van der Waals surface area contributed by atoms with Crippen molar-refractivity contribution in [2.24, 2.45) is 0 Å². The molecule has 5 nitrogen and oxygen atoms in total. The Morgan fingerprint density at radius 3 is 1.34 bits per heavy atom. The molecule has 3 aromatic heterocycles. The maximum atomic E-state index is 4.97. The van der Waals surface area contributed by atoms with Gasteiger partial charge in [-0.3, -0.25) is 0 Å². The lowest BCUT2D eigenvalue weighted by Gasteiger charge is -2.11. The number of benzene rings is 9. The topological polar surface area (TPSA) is 48.5 Å². The van der Waals surface area contributed by atoms with Crippen molar-refractivity contribution in [1.82, 2.24) is 24.1 Å². The number of hydrogen-bond donors (Lipinski definition) is 0. The smallest absolute Gasteiger partial charge is 0.164 e. The third-order valence-electron chi connectivity index (χ3n) is 12.0. The largest absolute Gasteiger partial charge is 0.309 e. The van der Waals surface area contributed by atoms with Crippen LogP contribution < -0.4 is 0 Å². The molecule has 12 rings (SSSR count). The van der Waals surface area contributed by atoms with Gasteiger partial charge >= 0.3 is 0 Å². The summed E-state index contributed by atoms with van der Waals surface area (Å²) in [6, 6.07) is 79.4. The Morgan fingerprint density at radius 1 is 0.258 bits per heavy atom. The van der Waals surface area contributed by atoms with E-state index in [0.717, 1.165) is 39.1 Å². The fourth-order valence-electron chi connectivity index (χ4n) is 9.09. The first-order valence-electron chi connectivity index (χ1n) is 20.9. The van der Waals surface area contributed by atoms with Crippen molar-refractivity contribution in [3.05, 3.63) is 224 Å². The highest BCUT2D eigenvalue weighted by molar-refractivity contribution is 6.16. The van der Waals surface area contributed by atoms with Crippen LogP contribution in [0.25, 0.3) is 111 Å². The third kappa shape index (κ3) is 5.98. The van der Waals surface area contributed by atoms with Gasteiger partial charge in [-0.1, -0.05) is 170 Å². The van der Waals surface area contributed by atoms with E-state index in [-0.39, 0.29) is 0 Å². The van der Waals surface area contributed by atoms with Gasteiger partial charge in [-0.05, 0) is 76.9 Å². The van der Waals surface area contributed by atoms with Crippen LogP contribution >= 0.6 is 0 Å². The van der Waals surface area contributed by atoms with Crippen LogP contribution in [0.2, 0.25) is 0 Å². The molecule has 0 aliphatic heterocycles. The van der Waals surface area contributed by atoms with Gasteiger partial charge in [0.2, 0.25) is 0 Å². The lowest BCUT2D eigenvalue weighted by molar-refractivity contribution is 1.07. The van der Waals surface area contributed by atoms with Crippen molar-refractivity contribution in [3.8, 4) is 67.8 Å². The third-order valence-corrected chi connectivity index (χ3v) is 12.0. The molecule has 0 aliphatic carbocycles. The quantitative estimate of drug-likeness (QED) is 0.162. The van der Waals surface area contributed by atoms with Gasteiger partial charge < -0.3 is 9.13 Å². The maximum absolute atomic E-state index is 4.97. The predicted molar refractivity (Wildman–Crippen MR) is 256 cm³/mol. The molecular formula is C57H37N5. The molecule has 0 radical (unpaired) electrons. The first kappa shape index (κ1) is 35.5. The van der Waals surface area contributed by atoms with Crippen LogP contribution in [0.15, 0.2) is 224 Å². The summed E-state index contributed by atoms with van der Waals surface area (Å²) < 4.78 is 4.76. The molecule has 62 heavy (non-hydrogen) atoms. The van der Waals surface area contributed by atoms with Crippen molar-refractivity contribution in [2.75, 3.05) is 0 Å². The highest BCUT2D eigenvalue weighted by Gasteiger charge is 2.18. The molecule has 0 N–H and O–H groups in total. The molecular weight excluding hydrogens is 755 g/mol. The number of aromatic nitrogens is 5. The Morgan fingerprint density at radius 2 is 0.694 bits per heavy atom. The lowest BCUT2D eigenvalue weighted by Crippen LogP contribution is -2.00. The van der Waals surface area contributed by atoms with Crippen LogP contribution in [0.3, 0.4) is 0 Å². The number of para-hydroxylation sites is 3. The number of fused-ring (bicyclic) bond motifs is 6. The van der Waals surface area contributed by atoms with E-state index in [1.165, 1.54) is 54.8 Å². The molecule has 0 spiro atoms. The predicted octanol–water partition coefficient (Wildman–Crippen LogP) is 14.4. The minimum absolute atomic E-state index is 0.640. The molecule has 290 valence electrons. The van der Waals surface area contributed by atoms with Crippen LogP contribution in [0.1, 0.15) is 0 Å². The molecule has 0 fully saturated rings. The number of rotatable bonds is 7. The van der Waals surface area contributed by atoms with Crippen LogP contribution in [-0.2, 0) is 0 Å². The van der Waals surface area contributed by atoms with E-state index in [2.05, 4.69) is 173 Å². The van der Waals surface area contributed by atoms with Crippen molar-refractivity contribution in [2.45, 2.75) is 0 Å². The van der Waals surface area contributed by atoms with Gasteiger partial charge in [0.1, 0.15) is 0 Å². The molecule has 12 aromatic rings. The Labute approximate surface area is 358 Å². The molecule has 0 amide bonds. The zero-order valence-electron chi connectivity index (χ0n) is 33.6. The van der Waals surface area contributed by atoms with Gasteiger partial charge in [-0.2, -0.15) is 0 Å². The summed E-state index contributed by atoms with van der Waals surface area (Å²) >= 11 is 0. The molecule has 0 aliphatic rings. The van der Waals surface area contributed by atoms with Gasteiger partial charge in [-0.25, -0.2) is 15.0 Å². The van der Waals surface area contributed by atoms with Crippen LogP contribution in [0.5, 0.6) is 0 Å². The number of hydrogen-bond acceptors (Lipinski definition) is 3. The van der Waals surface area contributed by atoms with Crippen LogP contribution in [-0.4, -0.2) is 24.1 Å². The second-order valence-electron chi connectivity index (χ2n) is 15.6. The SMILES string of the molecule is c1ccc(-c2nc(-c3ccccc3)nc(-c3ccc(-c4cccc5c4c4ccccc4n5-c4ccc(-c5ccc6c(c5)c5ccccc5n6-c5ccccc5)cc4)cc3)n2)cc1. The van der Waals surface area contributed by atoms with E-state index in [0.29, 0.717) is 17.5 Å². The number of nitrogens with zero attached hydrogens (tertiary/aromatic N) is 5.